The predicted octanol–water partition coefficient (Wildman–Crippen LogP) is 2.79. The highest BCUT2D eigenvalue weighted by Gasteiger charge is 2.20. The number of hydrogen-bond acceptors (Lipinski definition) is 2. The number of hydrogen-bond donors (Lipinski definition) is 2. The van der Waals surface area contributed by atoms with Gasteiger partial charge in [0, 0.05) is 12.2 Å². The summed E-state index contributed by atoms with van der Waals surface area (Å²) in [4.78, 5) is 24.4. The Bertz CT molecular complexity index is 495. The largest absolute Gasteiger partial charge is 0.480 e. The van der Waals surface area contributed by atoms with Crippen LogP contribution in [0.25, 0.3) is 0 Å². The van der Waals surface area contributed by atoms with Crippen LogP contribution in [-0.4, -0.2) is 30.2 Å². The molecule has 2 N–H and O–H groups in total. The first-order chi connectivity index (χ1) is 10.1. The maximum Gasteiger partial charge on any atom is 0.323 e. The van der Waals surface area contributed by atoms with Crippen LogP contribution in [0.5, 0.6) is 0 Å². The van der Waals surface area contributed by atoms with Gasteiger partial charge >= 0.3 is 12.0 Å². The lowest BCUT2D eigenvalue weighted by Gasteiger charge is -2.26. The van der Waals surface area contributed by atoms with Gasteiger partial charge < -0.3 is 10.4 Å². The molecule has 0 radical (unpaired) electrons. The van der Waals surface area contributed by atoms with E-state index in [1.165, 1.54) is 24.2 Å². The highest BCUT2D eigenvalue weighted by molar-refractivity contribution is 5.96. The Balaban J connectivity index is 1.95. The quantitative estimate of drug-likeness (QED) is 0.846. The average molecular weight is 290 g/mol. The Morgan fingerprint density at radius 1 is 1.29 bits per heavy atom. The second-order valence-electron chi connectivity index (χ2n) is 5.63. The predicted molar refractivity (Wildman–Crippen MR) is 81.5 cm³/mol. The summed E-state index contributed by atoms with van der Waals surface area (Å²) in [5, 5.41) is 11.8. The Morgan fingerprint density at radius 3 is 2.48 bits per heavy atom. The lowest BCUT2D eigenvalue weighted by atomic mass is 9.83. The van der Waals surface area contributed by atoms with E-state index < -0.39 is 5.97 Å². The molecule has 5 heteroatoms. The summed E-state index contributed by atoms with van der Waals surface area (Å²) in [5.41, 5.74) is 1.67. The van der Waals surface area contributed by atoms with Crippen molar-refractivity contribution < 1.29 is 14.7 Å². The molecule has 114 valence electrons. The number of carbonyl (C=O) groups is 2. The monoisotopic (exact) mass is 290 g/mol. The zero-order chi connectivity index (χ0) is 15.2. The second-order valence-corrected chi connectivity index (χ2v) is 5.63. The van der Waals surface area contributed by atoms with Crippen molar-refractivity contribution in [1.29, 1.82) is 0 Å². The molecule has 1 fully saturated rings. The Labute approximate surface area is 125 Å². The van der Waals surface area contributed by atoms with E-state index in [1.54, 1.807) is 12.1 Å². The zero-order valence-corrected chi connectivity index (χ0v) is 12.3. The van der Waals surface area contributed by atoms with Gasteiger partial charge in [-0.15, -0.1) is 0 Å². The third kappa shape index (κ3) is 4.48. The number of rotatable bonds is 6. The van der Waals surface area contributed by atoms with Crippen molar-refractivity contribution in [3.05, 3.63) is 29.8 Å². The summed E-state index contributed by atoms with van der Waals surface area (Å²) in [6.45, 7) is 2.22. The number of benzene rings is 1. The van der Waals surface area contributed by atoms with Crippen LogP contribution in [-0.2, 0) is 4.79 Å². The van der Waals surface area contributed by atoms with Crippen LogP contribution in [0.4, 0.5) is 10.5 Å². The number of nitrogens with zero attached hydrogens (tertiary/aromatic N) is 1. The van der Waals surface area contributed by atoms with Gasteiger partial charge in [0.1, 0.15) is 6.54 Å². The first-order valence-corrected chi connectivity index (χ1v) is 7.40. The van der Waals surface area contributed by atoms with Gasteiger partial charge in [0.05, 0.1) is 0 Å². The van der Waals surface area contributed by atoms with E-state index in [-0.39, 0.29) is 12.6 Å². The van der Waals surface area contributed by atoms with E-state index in [0.717, 1.165) is 17.9 Å². The number of aryl methyl sites for hydroxylation is 1. The normalized spacial score (nSPS) is 14.3. The van der Waals surface area contributed by atoms with Gasteiger partial charge in [0.15, 0.2) is 0 Å². The van der Waals surface area contributed by atoms with Crippen molar-refractivity contribution in [3.63, 3.8) is 0 Å². The number of anilines is 1. The molecule has 1 aliphatic rings. The molecule has 1 aromatic rings. The van der Waals surface area contributed by atoms with Gasteiger partial charge in [-0.1, -0.05) is 37.0 Å². The van der Waals surface area contributed by atoms with E-state index in [2.05, 4.69) is 5.32 Å². The molecule has 0 heterocycles. The molecule has 0 unspecified atom stereocenters. The molecule has 5 nitrogen and oxygen atoms in total. The number of carbonyl (C=O) groups excluding carboxylic acids is 1. The zero-order valence-electron chi connectivity index (χ0n) is 12.3. The Kier molecular flexibility index (Phi) is 5.20. The molecule has 0 bridgehead atoms. The number of aliphatic carboxylic acids is 1. The second kappa shape index (κ2) is 7.11. The summed E-state index contributed by atoms with van der Waals surface area (Å²) in [5.74, 6) is -0.303. The van der Waals surface area contributed by atoms with Gasteiger partial charge in [-0.25, -0.2) is 4.79 Å². The van der Waals surface area contributed by atoms with Gasteiger partial charge in [0.2, 0.25) is 0 Å². The van der Waals surface area contributed by atoms with Crippen molar-refractivity contribution in [2.75, 3.05) is 18.0 Å². The highest BCUT2D eigenvalue weighted by atomic mass is 16.4. The van der Waals surface area contributed by atoms with Crippen LogP contribution in [0, 0.1) is 12.8 Å². The average Bonchev–Trinajstić information content (AvgIpc) is 2.39. The summed E-state index contributed by atoms with van der Waals surface area (Å²) >= 11 is 0. The van der Waals surface area contributed by atoms with Crippen molar-refractivity contribution in [2.45, 2.75) is 32.6 Å². The van der Waals surface area contributed by atoms with Gasteiger partial charge in [-0.3, -0.25) is 9.69 Å². The third-order valence-electron chi connectivity index (χ3n) is 3.94. The van der Waals surface area contributed by atoms with Crippen LogP contribution in [0.1, 0.15) is 31.2 Å². The van der Waals surface area contributed by atoms with E-state index in [4.69, 9.17) is 5.11 Å². The van der Waals surface area contributed by atoms with Crippen molar-refractivity contribution >= 4 is 17.7 Å². The van der Waals surface area contributed by atoms with Crippen LogP contribution >= 0.6 is 0 Å². The van der Waals surface area contributed by atoms with Crippen molar-refractivity contribution in [2.24, 2.45) is 5.92 Å². The number of amides is 2. The Morgan fingerprint density at radius 2 is 1.95 bits per heavy atom. The maximum absolute atomic E-state index is 12.2. The smallest absolute Gasteiger partial charge is 0.323 e. The molecule has 1 aliphatic carbocycles. The number of carboxylic acid groups (broad SMARTS) is 1. The van der Waals surface area contributed by atoms with Gasteiger partial charge in [-0.2, -0.15) is 0 Å². The summed E-state index contributed by atoms with van der Waals surface area (Å²) in [6.07, 6.45) is 4.74. The molecule has 1 saturated carbocycles. The standard InChI is InChI=1S/C16H22N2O3/c1-12-5-7-14(8-6-12)18(11-15(19)20)16(21)17-10-9-13-3-2-4-13/h5-8,13H,2-4,9-11H2,1H3,(H,17,21)(H,19,20). The molecule has 0 aromatic heterocycles. The molecule has 0 spiro atoms. The van der Waals surface area contributed by atoms with E-state index in [0.29, 0.717) is 12.2 Å². The van der Waals surface area contributed by atoms with E-state index in [1.807, 2.05) is 19.1 Å². The molecular formula is C16H22N2O3. The SMILES string of the molecule is Cc1ccc(N(CC(=O)O)C(=O)NCCC2CCC2)cc1. The Hall–Kier alpha value is -2.04. The summed E-state index contributed by atoms with van der Waals surface area (Å²) in [7, 11) is 0. The fourth-order valence-corrected chi connectivity index (χ4v) is 2.40. The molecule has 0 atom stereocenters. The molecule has 2 amide bonds. The fraction of sp³-hybridized carbons (Fsp3) is 0.500. The van der Waals surface area contributed by atoms with Crippen LogP contribution in [0.3, 0.4) is 0 Å². The van der Waals surface area contributed by atoms with Crippen LogP contribution < -0.4 is 10.2 Å². The van der Waals surface area contributed by atoms with Crippen molar-refractivity contribution in [1.82, 2.24) is 5.32 Å². The number of nitrogens with one attached hydrogen (secondary N) is 1. The molecule has 2 rings (SSSR count). The minimum Gasteiger partial charge on any atom is -0.480 e. The van der Waals surface area contributed by atoms with Gasteiger partial charge in [0.25, 0.3) is 0 Å². The minimum atomic E-state index is -1.02. The summed E-state index contributed by atoms with van der Waals surface area (Å²) < 4.78 is 0. The van der Waals surface area contributed by atoms with Crippen LogP contribution in [0.15, 0.2) is 24.3 Å². The maximum atomic E-state index is 12.2. The molecule has 0 saturated heterocycles. The van der Waals surface area contributed by atoms with Crippen molar-refractivity contribution in [3.8, 4) is 0 Å². The lowest BCUT2D eigenvalue weighted by Crippen LogP contribution is -2.43. The van der Waals surface area contributed by atoms with E-state index in [9.17, 15) is 9.59 Å². The van der Waals surface area contributed by atoms with Gasteiger partial charge in [-0.05, 0) is 31.4 Å². The molecule has 1 aromatic carbocycles. The molecule has 21 heavy (non-hydrogen) atoms. The molecular weight excluding hydrogens is 268 g/mol. The first-order valence-electron chi connectivity index (χ1n) is 7.40. The third-order valence-corrected chi connectivity index (χ3v) is 3.94. The number of urea groups is 1. The number of carboxylic acids is 1. The lowest BCUT2D eigenvalue weighted by molar-refractivity contribution is -0.135. The summed E-state index contributed by atoms with van der Waals surface area (Å²) in [6, 6.07) is 6.92. The topological polar surface area (TPSA) is 69.6 Å². The van der Waals surface area contributed by atoms with E-state index >= 15 is 0 Å². The fourth-order valence-electron chi connectivity index (χ4n) is 2.40. The minimum absolute atomic E-state index is 0.335. The van der Waals surface area contributed by atoms with Crippen LogP contribution in [0.2, 0.25) is 0 Å². The first kappa shape index (κ1) is 15.4. The highest BCUT2D eigenvalue weighted by Crippen LogP contribution is 2.28. The molecule has 0 aliphatic heterocycles.